The Morgan fingerprint density at radius 3 is 2.71 bits per heavy atom. The molecular weight excluding hydrogens is 458 g/mol. The number of aromatic nitrogens is 2. The van der Waals surface area contributed by atoms with Crippen molar-refractivity contribution in [1.29, 1.82) is 0 Å². The summed E-state index contributed by atoms with van der Waals surface area (Å²) in [6.45, 7) is 0.416. The predicted molar refractivity (Wildman–Crippen MR) is 114 cm³/mol. The predicted octanol–water partition coefficient (Wildman–Crippen LogP) is 4.52. The lowest BCUT2D eigenvalue weighted by atomic mass is 10.1. The second-order valence-corrected chi connectivity index (χ2v) is 7.60. The van der Waals surface area contributed by atoms with Crippen molar-refractivity contribution in [3.05, 3.63) is 60.0 Å². The molecule has 180 valence electrons. The molecule has 1 fully saturated rings. The van der Waals surface area contributed by atoms with Gasteiger partial charge in [0.2, 0.25) is 5.91 Å². The van der Waals surface area contributed by atoms with Crippen LogP contribution in [0.25, 0.3) is 11.3 Å². The number of carbonyl (C=O) groups is 1. The summed E-state index contributed by atoms with van der Waals surface area (Å²) < 4.78 is 71.1. The average molecular weight is 479 g/mol. The molecule has 1 aliphatic heterocycles. The molecule has 0 bridgehead atoms. The van der Waals surface area contributed by atoms with Gasteiger partial charge in [-0.05, 0) is 42.5 Å². The third-order valence-corrected chi connectivity index (χ3v) is 5.11. The number of anilines is 1. The summed E-state index contributed by atoms with van der Waals surface area (Å²) in [5.41, 5.74) is -0.578. The lowest BCUT2D eigenvalue weighted by molar-refractivity contribution is -0.141. The minimum Gasteiger partial charge on any atom is -0.493 e. The van der Waals surface area contributed by atoms with E-state index in [0.717, 1.165) is 16.8 Å². The molecular formula is C23H21F4N3O4. The number of alkyl halides is 3. The number of nitrogens with one attached hydrogen (secondary N) is 1. The largest absolute Gasteiger partial charge is 0.493 e. The number of hydrogen-bond donors (Lipinski definition) is 1. The van der Waals surface area contributed by atoms with Crippen molar-refractivity contribution < 1.29 is 36.6 Å². The maximum atomic E-state index is 13.4. The summed E-state index contributed by atoms with van der Waals surface area (Å²) in [5, 5.41) is 6.05. The smallest absolute Gasteiger partial charge is 0.435 e. The Kier molecular flexibility index (Phi) is 6.73. The molecule has 2 heterocycles. The number of amides is 1. The summed E-state index contributed by atoms with van der Waals surface area (Å²) in [5.74, 6) is -0.491. The monoisotopic (exact) mass is 479 g/mol. The van der Waals surface area contributed by atoms with Gasteiger partial charge in [0.15, 0.2) is 17.2 Å². The van der Waals surface area contributed by atoms with Gasteiger partial charge in [0.1, 0.15) is 18.5 Å². The lowest BCUT2D eigenvalue weighted by Crippen LogP contribution is -2.21. The van der Waals surface area contributed by atoms with E-state index >= 15 is 0 Å². The van der Waals surface area contributed by atoms with E-state index in [1.165, 1.54) is 31.4 Å². The zero-order chi connectivity index (χ0) is 24.3. The zero-order valence-corrected chi connectivity index (χ0v) is 18.1. The summed E-state index contributed by atoms with van der Waals surface area (Å²) in [7, 11) is 1.45. The highest BCUT2D eigenvalue weighted by Crippen LogP contribution is 2.36. The summed E-state index contributed by atoms with van der Waals surface area (Å²) in [4.78, 5) is 12.5. The number of benzene rings is 2. The van der Waals surface area contributed by atoms with E-state index in [1.54, 1.807) is 12.1 Å². The fraction of sp³-hybridized carbons (Fsp3) is 0.304. The third-order valence-electron chi connectivity index (χ3n) is 5.11. The number of ether oxygens (including phenoxy) is 3. The first kappa shape index (κ1) is 23.6. The van der Waals surface area contributed by atoms with Crippen LogP contribution in [-0.2, 0) is 22.3 Å². The Hall–Kier alpha value is -3.60. The van der Waals surface area contributed by atoms with Crippen LogP contribution in [0, 0.1) is 5.82 Å². The van der Waals surface area contributed by atoms with E-state index in [4.69, 9.17) is 14.2 Å². The van der Waals surface area contributed by atoms with Crippen molar-refractivity contribution >= 4 is 11.6 Å². The topological polar surface area (TPSA) is 74.6 Å². The molecule has 0 unspecified atom stereocenters. The molecule has 0 saturated carbocycles. The minimum absolute atomic E-state index is 0.0527. The molecule has 1 aliphatic rings. The van der Waals surface area contributed by atoms with Gasteiger partial charge in [-0.2, -0.15) is 18.3 Å². The Morgan fingerprint density at radius 2 is 2.03 bits per heavy atom. The first-order valence-corrected chi connectivity index (χ1v) is 10.4. The number of hydrogen-bond acceptors (Lipinski definition) is 5. The molecule has 0 radical (unpaired) electrons. The van der Waals surface area contributed by atoms with Crippen LogP contribution in [-0.4, -0.2) is 42.1 Å². The van der Waals surface area contributed by atoms with Crippen LogP contribution in [0.5, 0.6) is 11.5 Å². The van der Waals surface area contributed by atoms with Gasteiger partial charge in [0.25, 0.3) is 0 Å². The second kappa shape index (κ2) is 9.72. The Bertz CT molecular complexity index is 1170. The van der Waals surface area contributed by atoms with Gasteiger partial charge in [-0.25, -0.2) is 4.39 Å². The van der Waals surface area contributed by atoms with E-state index in [1.807, 2.05) is 0 Å². The molecule has 11 heteroatoms. The van der Waals surface area contributed by atoms with Gasteiger partial charge in [0, 0.05) is 17.7 Å². The fourth-order valence-corrected chi connectivity index (χ4v) is 3.52. The van der Waals surface area contributed by atoms with Crippen molar-refractivity contribution in [3.63, 3.8) is 0 Å². The van der Waals surface area contributed by atoms with E-state index < -0.39 is 30.1 Å². The van der Waals surface area contributed by atoms with Crippen molar-refractivity contribution in [3.8, 4) is 22.8 Å². The molecule has 0 spiro atoms. The normalized spacial score (nSPS) is 15.9. The van der Waals surface area contributed by atoms with Crippen molar-refractivity contribution in [2.24, 2.45) is 0 Å². The minimum atomic E-state index is -4.72. The third kappa shape index (κ3) is 5.48. The molecule has 1 saturated heterocycles. The van der Waals surface area contributed by atoms with E-state index in [2.05, 4.69) is 10.4 Å². The van der Waals surface area contributed by atoms with Crippen LogP contribution in [0.1, 0.15) is 12.1 Å². The van der Waals surface area contributed by atoms with Crippen LogP contribution >= 0.6 is 0 Å². The van der Waals surface area contributed by atoms with Crippen molar-refractivity contribution in [1.82, 2.24) is 9.78 Å². The van der Waals surface area contributed by atoms with Crippen LogP contribution in [0.3, 0.4) is 0 Å². The number of carbonyl (C=O) groups excluding carboxylic acids is 1. The SMILES string of the molecule is COc1ccc(-c2cc(C(F)(F)F)nn2CC(=O)Nc2cccc(F)c2)cc1O[C@@H]1CCOC1. The van der Waals surface area contributed by atoms with Gasteiger partial charge >= 0.3 is 6.18 Å². The van der Waals surface area contributed by atoms with Gasteiger partial charge in [-0.3, -0.25) is 9.48 Å². The maximum absolute atomic E-state index is 13.4. The van der Waals surface area contributed by atoms with Crippen molar-refractivity contribution in [2.45, 2.75) is 25.2 Å². The first-order chi connectivity index (χ1) is 16.2. The molecule has 1 atom stereocenters. The van der Waals surface area contributed by atoms with Crippen LogP contribution < -0.4 is 14.8 Å². The molecule has 4 rings (SSSR count). The highest BCUT2D eigenvalue weighted by Gasteiger charge is 2.35. The maximum Gasteiger partial charge on any atom is 0.435 e. The Labute approximate surface area is 192 Å². The second-order valence-electron chi connectivity index (χ2n) is 7.60. The molecule has 1 aromatic heterocycles. The van der Waals surface area contributed by atoms with E-state index in [-0.39, 0.29) is 17.5 Å². The van der Waals surface area contributed by atoms with Crippen LogP contribution in [0.4, 0.5) is 23.2 Å². The Balaban J connectivity index is 1.65. The lowest BCUT2D eigenvalue weighted by Gasteiger charge is -2.16. The molecule has 0 aliphatic carbocycles. The summed E-state index contributed by atoms with van der Waals surface area (Å²) >= 11 is 0. The fourth-order valence-electron chi connectivity index (χ4n) is 3.52. The number of nitrogens with zero attached hydrogens (tertiary/aromatic N) is 2. The van der Waals surface area contributed by atoms with Gasteiger partial charge in [0.05, 0.1) is 26.0 Å². The molecule has 1 amide bonds. The Morgan fingerprint density at radius 1 is 1.21 bits per heavy atom. The number of methoxy groups -OCH3 is 1. The molecule has 7 nitrogen and oxygen atoms in total. The zero-order valence-electron chi connectivity index (χ0n) is 18.1. The number of halogens is 4. The van der Waals surface area contributed by atoms with Gasteiger partial charge in [-0.1, -0.05) is 6.07 Å². The standard InChI is InChI=1S/C23H21F4N3O4/c1-32-19-6-5-14(9-20(19)34-17-7-8-33-13-17)18-11-21(23(25,26)27)29-30(18)12-22(31)28-16-4-2-3-15(24)10-16/h2-6,9-11,17H,7-8,12-13H2,1H3,(H,28,31)/t17-/m1/s1. The quantitative estimate of drug-likeness (QED) is 0.505. The van der Waals surface area contributed by atoms with Gasteiger partial charge < -0.3 is 19.5 Å². The highest BCUT2D eigenvalue weighted by atomic mass is 19.4. The van der Waals surface area contributed by atoms with E-state index in [0.29, 0.717) is 36.7 Å². The molecule has 1 N–H and O–H groups in total. The van der Waals surface area contributed by atoms with Crippen molar-refractivity contribution in [2.75, 3.05) is 25.6 Å². The summed E-state index contributed by atoms with van der Waals surface area (Å²) in [6, 6.07) is 10.7. The molecule has 2 aromatic carbocycles. The van der Waals surface area contributed by atoms with Gasteiger partial charge in [-0.15, -0.1) is 0 Å². The molecule has 3 aromatic rings. The van der Waals surface area contributed by atoms with Crippen LogP contribution in [0.2, 0.25) is 0 Å². The first-order valence-electron chi connectivity index (χ1n) is 10.4. The number of rotatable bonds is 7. The highest BCUT2D eigenvalue weighted by molar-refractivity contribution is 5.90. The van der Waals surface area contributed by atoms with E-state index in [9.17, 15) is 22.4 Å². The van der Waals surface area contributed by atoms with Crippen LogP contribution in [0.15, 0.2) is 48.5 Å². The summed E-state index contributed by atoms with van der Waals surface area (Å²) in [6.07, 6.45) is -4.26. The average Bonchev–Trinajstić information content (AvgIpc) is 3.43. The molecule has 34 heavy (non-hydrogen) atoms.